The van der Waals surface area contributed by atoms with Crippen molar-refractivity contribution in [1.82, 2.24) is 10.2 Å². The smallest absolute Gasteiger partial charge is 0.415 e. The molecule has 1 aliphatic rings. The van der Waals surface area contributed by atoms with Crippen molar-refractivity contribution in [3.63, 3.8) is 0 Å². The van der Waals surface area contributed by atoms with Gasteiger partial charge < -0.3 is 29.5 Å². The molecule has 2 amide bonds. The molecule has 0 aromatic heterocycles. The molecule has 9 nitrogen and oxygen atoms in total. The lowest BCUT2D eigenvalue weighted by atomic mass is 9.95. The zero-order chi connectivity index (χ0) is 31.2. The van der Waals surface area contributed by atoms with E-state index in [9.17, 15) is 37.1 Å². The van der Waals surface area contributed by atoms with E-state index in [2.05, 4.69) is 5.32 Å². The van der Waals surface area contributed by atoms with Gasteiger partial charge >= 0.3 is 12.1 Å². The minimum Gasteiger partial charge on any atom is -0.485 e. The molecule has 14 heteroatoms. The molecule has 1 heterocycles. The Morgan fingerprint density at radius 1 is 1.07 bits per heavy atom. The lowest BCUT2D eigenvalue weighted by Gasteiger charge is -2.32. The van der Waals surface area contributed by atoms with Gasteiger partial charge in [-0.1, -0.05) is 23.7 Å². The minimum absolute atomic E-state index is 0.00128. The zero-order valence-corrected chi connectivity index (χ0v) is 23.9. The highest BCUT2D eigenvalue weighted by molar-refractivity contribution is 6.32. The normalized spacial score (nSPS) is 15.5. The van der Waals surface area contributed by atoms with Gasteiger partial charge in [0.25, 0.3) is 0 Å². The maximum Gasteiger partial charge on any atom is 0.415 e. The molecule has 1 saturated heterocycles. The van der Waals surface area contributed by atoms with Gasteiger partial charge in [0, 0.05) is 25.1 Å². The standard InChI is InChI=1S/C28H31ClF4N2O7/c1-28(2,3)42-22(37)13-19(20(36)14-40-25-23(32)17(30)12-18(31)24(25)33)34-26(38)15-8-10-35(11-9-15)27(39)41-21-7-5-4-6-16(21)29/h4-7,12,15,19-20,36H,8-11,13-14H2,1-3H3,(H,34,38)/t19-,20?/m0/s1. The highest BCUT2D eigenvalue weighted by atomic mass is 35.5. The van der Waals surface area contributed by atoms with Crippen molar-refractivity contribution >= 4 is 29.6 Å². The number of carbonyl (C=O) groups is 3. The molecule has 1 fully saturated rings. The summed E-state index contributed by atoms with van der Waals surface area (Å²) in [7, 11) is 0. The molecule has 3 rings (SSSR count). The number of aliphatic hydroxyl groups is 1. The van der Waals surface area contributed by atoms with Crippen LogP contribution in [0.2, 0.25) is 5.02 Å². The summed E-state index contributed by atoms with van der Waals surface area (Å²) < 4.78 is 70.4. The summed E-state index contributed by atoms with van der Waals surface area (Å²) in [6.45, 7) is 4.20. The minimum atomic E-state index is -1.81. The summed E-state index contributed by atoms with van der Waals surface area (Å²) in [5.41, 5.74) is -0.899. The number of ether oxygens (including phenoxy) is 3. The second-order valence-electron chi connectivity index (χ2n) is 10.6. The van der Waals surface area contributed by atoms with Gasteiger partial charge in [0.05, 0.1) is 17.5 Å². The van der Waals surface area contributed by atoms with Crippen molar-refractivity contribution in [2.75, 3.05) is 19.7 Å². The van der Waals surface area contributed by atoms with E-state index in [4.69, 9.17) is 25.8 Å². The van der Waals surface area contributed by atoms with Crippen molar-refractivity contribution in [3.05, 3.63) is 58.6 Å². The number of para-hydroxylation sites is 1. The SMILES string of the molecule is CC(C)(C)OC(=O)C[C@H](NC(=O)C1CCN(C(=O)Oc2ccccc2Cl)CC1)C(O)COc1c(F)c(F)cc(F)c1F. The molecule has 2 aromatic carbocycles. The van der Waals surface area contributed by atoms with Crippen LogP contribution in [-0.4, -0.2) is 65.4 Å². The van der Waals surface area contributed by atoms with Gasteiger partial charge in [0.15, 0.2) is 23.1 Å². The number of amides is 2. The third kappa shape index (κ3) is 8.96. The number of likely N-dealkylation sites (tertiary alicyclic amines) is 1. The second kappa shape index (κ2) is 14.1. The average Bonchev–Trinajstić information content (AvgIpc) is 2.91. The molecule has 0 saturated carbocycles. The molecule has 2 N–H and O–H groups in total. The lowest BCUT2D eigenvalue weighted by molar-refractivity contribution is -0.156. The monoisotopic (exact) mass is 618 g/mol. The zero-order valence-electron chi connectivity index (χ0n) is 23.1. The summed E-state index contributed by atoms with van der Waals surface area (Å²) in [5, 5.41) is 13.5. The number of halogens is 5. The van der Waals surface area contributed by atoms with Crippen LogP contribution in [0.4, 0.5) is 22.4 Å². The maximum atomic E-state index is 14.0. The Bertz CT molecular complexity index is 1270. The molecule has 1 aliphatic heterocycles. The van der Waals surface area contributed by atoms with E-state index in [0.717, 1.165) is 0 Å². The van der Waals surface area contributed by atoms with Crippen molar-refractivity contribution in [1.29, 1.82) is 0 Å². The second-order valence-corrected chi connectivity index (χ2v) is 11.0. The first kappa shape index (κ1) is 32.9. The summed E-state index contributed by atoms with van der Waals surface area (Å²) in [6, 6.07) is 5.08. The predicted octanol–water partition coefficient (Wildman–Crippen LogP) is 4.76. The van der Waals surface area contributed by atoms with Crippen LogP contribution in [0, 0.1) is 29.2 Å². The average molecular weight is 619 g/mol. The van der Waals surface area contributed by atoms with E-state index >= 15 is 0 Å². The van der Waals surface area contributed by atoms with E-state index in [-0.39, 0.29) is 42.8 Å². The van der Waals surface area contributed by atoms with Crippen LogP contribution in [0.3, 0.4) is 0 Å². The van der Waals surface area contributed by atoms with Gasteiger partial charge in [-0.05, 0) is 45.7 Å². The number of benzene rings is 2. The highest BCUT2D eigenvalue weighted by Gasteiger charge is 2.33. The van der Waals surface area contributed by atoms with Gasteiger partial charge in [-0.25, -0.2) is 13.6 Å². The van der Waals surface area contributed by atoms with E-state index in [0.29, 0.717) is 0 Å². The van der Waals surface area contributed by atoms with Crippen LogP contribution in [0.25, 0.3) is 0 Å². The molecule has 2 aromatic rings. The van der Waals surface area contributed by atoms with Gasteiger partial charge in [-0.2, -0.15) is 8.78 Å². The van der Waals surface area contributed by atoms with Crippen molar-refractivity contribution in [2.24, 2.45) is 5.92 Å². The highest BCUT2D eigenvalue weighted by Crippen LogP contribution is 2.28. The predicted molar refractivity (Wildman–Crippen MR) is 142 cm³/mol. The number of hydrogen-bond donors (Lipinski definition) is 2. The topological polar surface area (TPSA) is 114 Å². The quantitative estimate of drug-likeness (QED) is 0.237. The Morgan fingerprint density at radius 3 is 2.24 bits per heavy atom. The Kier molecular flexibility index (Phi) is 11.0. The largest absolute Gasteiger partial charge is 0.485 e. The lowest BCUT2D eigenvalue weighted by Crippen LogP contribution is -2.51. The first-order valence-corrected chi connectivity index (χ1v) is 13.4. The van der Waals surface area contributed by atoms with Crippen molar-refractivity contribution in [2.45, 2.75) is 57.8 Å². The fourth-order valence-electron chi connectivity index (χ4n) is 4.12. The van der Waals surface area contributed by atoms with E-state index < -0.39 is 83.7 Å². The number of nitrogens with one attached hydrogen (secondary N) is 1. The summed E-state index contributed by atoms with van der Waals surface area (Å²) in [5.74, 6) is -10.3. The van der Waals surface area contributed by atoms with Gasteiger partial charge in [-0.15, -0.1) is 0 Å². The molecular formula is C28H31ClF4N2O7. The molecular weight excluding hydrogens is 588 g/mol. The number of carbonyl (C=O) groups excluding carboxylic acids is 3. The Labute approximate surface area is 244 Å². The third-order valence-corrected chi connectivity index (χ3v) is 6.54. The maximum absolute atomic E-state index is 14.0. The summed E-state index contributed by atoms with van der Waals surface area (Å²) in [6.07, 6.45) is -2.52. The van der Waals surface area contributed by atoms with E-state index in [1.807, 2.05) is 0 Å². The first-order valence-electron chi connectivity index (χ1n) is 13.0. The van der Waals surface area contributed by atoms with Gasteiger partial charge in [-0.3, -0.25) is 9.59 Å². The molecule has 0 radical (unpaired) electrons. The van der Waals surface area contributed by atoms with Gasteiger partial charge in [0.1, 0.15) is 18.3 Å². The molecule has 0 spiro atoms. The molecule has 1 unspecified atom stereocenters. The number of hydrogen-bond acceptors (Lipinski definition) is 7. The van der Waals surface area contributed by atoms with Crippen LogP contribution < -0.4 is 14.8 Å². The number of aliphatic hydroxyl groups excluding tert-OH is 1. The fourth-order valence-corrected chi connectivity index (χ4v) is 4.29. The number of rotatable bonds is 9. The molecule has 0 bridgehead atoms. The third-order valence-electron chi connectivity index (χ3n) is 6.23. The molecule has 230 valence electrons. The first-order chi connectivity index (χ1) is 19.7. The summed E-state index contributed by atoms with van der Waals surface area (Å²) in [4.78, 5) is 39.5. The number of esters is 1. The fraction of sp³-hybridized carbons (Fsp3) is 0.464. The van der Waals surface area contributed by atoms with Crippen molar-refractivity contribution < 1.29 is 51.3 Å². The van der Waals surface area contributed by atoms with Crippen LogP contribution >= 0.6 is 11.6 Å². The van der Waals surface area contributed by atoms with Crippen LogP contribution in [0.5, 0.6) is 11.5 Å². The van der Waals surface area contributed by atoms with Crippen molar-refractivity contribution in [3.8, 4) is 11.5 Å². The Hall–Kier alpha value is -3.58. The van der Waals surface area contributed by atoms with Crippen LogP contribution in [-0.2, 0) is 14.3 Å². The van der Waals surface area contributed by atoms with E-state index in [1.54, 1.807) is 39.0 Å². The Balaban J connectivity index is 1.64. The van der Waals surface area contributed by atoms with Crippen LogP contribution in [0.1, 0.15) is 40.0 Å². The molecule has 2 atom stereocenters. The number of nitrogens with zero attached hydrogens (tertiary/aromatic N) is 1. The van der Waals surface area contributed by atoms with E-state index in [1.165, 1.54) is 11.0 Å². The number of piperidine rings is 1. The molecule has 0 aliphatic carbocycles. The molecule has 42 heavy (non-hydrogen) atoms. The summed E-state index contributed by atoms with van der Waals surface area (Å²) >= 11 is 6.02. The Morgan fingerprint density at radius 2 is 1.67 bits per heavy atom. The van der Waals surface area contributed by atoms with Gasteiger partial charge in [0.2, 0.25) is 17.5 Å². The van der Waals surface area contributed by atoms with Crippen LogP contribution in [0.15, 0.2) is 30.3 Å².